The first-order valence-electron chi connectivity index (χ1n) is 5.52. The molecule has 0 amide bonds. The first-order chi connectivity index (χ1) is 8.67. The van der Waals surface area contributed by atoms with Gasteiger partial charge in [0.2, 0.25) is 0 Å². The van der Waals surface area contributed by atoms with Crippen molar-refractivity contribution in [3.05, 3.63) is 23.3 Å². The Hall–Kier alpha value is -1.92. The number of benzene rings is 1. The number of carboxylic acids is 1. The molecule has 1 aliphatic carbocycles. The largest absolute Gasteiger partial charge is 0.504 e. The summed E-state index contributed by atoms with van der Waals surface area (Å²) in [6.07, 6.45) is -4.15. The third-order valence-corrected chi connectivity index (χ3v) is 3.37. The van der Waals surface area contributed by atoms with Crippen LogP contribution in [-0.4, -0.2) is 21.3 Å². The van der Waals surface area contributed by atoms with Crippen LogP contribution in [0.2, 0.25) is 0 Å². The summed E-state index contributed by atoms with van der Waals surface area (Å²) in [6.45, 7) is 0. The Morgan fingerprint density at radius 1 is 1.21 bits per heavy atom. The first kappa shape index (κ1) is 13.5. The van der Waals surface area contributed by atoms with Gasteiger partial charge < -0.3 is 15.3 Å². The van der Waals surface area contributed by atoms with E-state index in [0.717, 1.165) is 6.07 Å². The SMILES string of the molecule is O=C(O)CC1(c2ccc(C(F)(F)F)c(O)c2O)CC1. The molecule has 19 heavy (non-hydrogen) atoms. The Morgan fingerprint density at radius 3 is 2.21 bits per heavy atom. The van der Waals surface area contributed by atoms with Gasteiger partial charge in [-0.25, -0.2) is 0 Å². The highest BCUT2D eigenvalue weighted by Gasteiger charge is 2.49. The van der Waals surface area contributed by atoms with Gasteiger partial charge >= 0.3 is 12.1 Å². The van der Waals surface area contributed by atoms with Crippen molar-refractivity contribution in [3.63, 3.8) is 0 Å². The van der Waals surface area contributed by atoms with Gasteiger partial charge in [-0.1, -0.05) is 6.07 Å². The standard InChI is InChI=1S/C12H11F3O4/c13-12(14,15)7-2-1-6(9(18)10(7)19)11(3-4-11)5-8(16)17/h1-2,18-19H,3-5H2,(H,16,17). The Morgan fingerprint density at radius 2 is 1.79 bits per heavy atom. The summed E-state index contributed by atoms with van der Waals surface area (Å²) in [5.74, 6) is -3.23. The van der Waals surface area contributed by atoms with E-state index in [4.69, 9.17) is 5.11 Å². The minimum atomic E-state index is -4.77. The summed E-state index contributed by atoms with van der Waals surface area (Å²) in [7, 11) is 0. The molecule has 0 unspecified atom stereocenters. The average molecular weight is 276 g/mol. The van der Waals surface area contributed by atoms with E-state index >= 15 is 0 Å². The van der Waals surface area contributed by atoms with Crippen molar-refractivity contribution in [2.24, 2.45) is 0 Å². The van der Waals surface area contributed by atoms with Gasteiger partial charge in [-0.15, -0.1) is 0 Å². The van der Waals surface area contributed by atoms with Crippen LogP contribution < -0.4 is 0 Å². The predicted molar refractivity (Wildman–Crippen MR) is 57.9 cm³/mol. The number of carbonyl (C=O) groups is 1. The van der Waals surface area contributed by atoms with Crippen LogP contribution in [-0.2, 0) is 16.4 Å². The number of aromatic hydroxyl groups is 2. The summed E-state index contributed by atoms with van der Waals surface area (Å²) < 4.78 is 37.6. The molecule has 0 radical (unpaired) electrons. The maximum absolute atomic E-state index is 12.5. The summed E-state index contributed by atoms with van der Waals surface area (Å²) in [5, 5.41) is 27.9. The molecular weight excluding hydrogens is 265 g/mol. The second-order valence-corrected chi connectivity index (χ2v) is 4.71. The van der Waals surface area contributed by atoms with Crippen LogP contribution in [0.25, 0.3) is 0 Å². The zero-order chi connectivity index (χ0) is 14.4. The molecule has 1 fully saturated rings. The molecule has 104 valence electrons. The topological polar surface area (TPSA) is 77.8 Å². The van der Waals surface area contributed by atoms with Crippen LogP contribution in [0.4, 0.5) is 13.2 Å². The second-order valence-electron chi connectivity index (χ2n) is 4.71. The predicted octanol–water partition coefficient (Wildman–Crippen LogP) is 2.62. The van der Waals surface area contributed by atoms with Crippen molar-refractivity contribution in [2.45, 2.75) is 30.9 Å². The minimum Gasteiger partial charge on any atom is -0.504 e. The van der Waals surface area contributed by atoms with E-state index in [1.54, 1.807) is 0 Å². The van der Waals surface area contributed by atoms with E-state index in [1.807, 2.05) is 0 Å². The number of carboxylic acid groups (broad SMARTS) is 1. The Kier molecular flexibility index (Phi) is 2.87. The number of phenolic OH excluding ortho intramolecular Hbond substituents is 2. The third kappa shape index (κ3) is 2.32. The van der Waals surface area contributed by atoms with E-state index in [1.165, 1.54) is 0 Å². The molecule has 0 aromatic heterocycles. The maximum Gasteiger partial charge on any atom is 0.420 e. The summed E-state index contributed by atoms with van der Waals surface area (Å²) >= 11 is 0. The minimum absolute atomic E-state index is 0.0559. The summed E-state index contributed by atoms with van der Waals surface area (Å²) in [4.78, 5) is 10.7. The molecule has 0 aliphatic heterocycles. The molecule has 0 heterocycles. The third-order valence-electron chi connectivity index (χ3n) is 3.37. The molecular formula is C12H11F3O4. The zero-order valence-electron chi connectivity index (χ0n) is 9.66. The molecule has 7 heteroatoms. The Bertz CT molecular complexity index is 533. The lowest BCUT2D eigenvalue weighted by atomic mass is 9.90. The normalized spacial score (nSPS) is 17.2. The van der Waals surface area contributed by atoms with Gasteiger partial charge in [0.05, 0.1) is 6.42 Å². The fourth-order valence-corrected chi connectivity index (χ4v) is 2.22. The van der Waals surface area contributed by atoms with E-state index < -0.39 is 34.6 Å². The summed E-state index contributed by atoms with van der Waals surface area (Å²) in [6, 6.07) is 1.69. The summed E-state index contributed by atoms with van der Waals surface area (Å²) in [5.41, 5.74) is -2.14. The number of aliphatic carboxylic acids is 1. The van der Waals surface area contributed by atoms with Crippen LogP contribution in [0.5, 0.6) is 11.5 Å². The molecule has 1 aromatic rings. The van der Waals surface area contributed by atoms with Crippen molar-refractivity contribution >= 4 is 5.97 Å². The monoisotopic (exact) mass is 276 g/mol. The number of alkyl halides is 3. The highest BCUT2D eigenvalue weighted by atomic mass is 19.4. The lowest BCUT2D eigenvalue weighted by Crippen LogP contribution is -2.14. The van der Waals surface area contributed by atoms with Crippen molar-refractivity contribution in [2.75, 3.05) is 0 Å². The smallest absolute Gasteiger partial charge is 0.420 e. The fourth-order valence-electron chi connectivity index (χ4n) is 2.22. The van der Waals surface area contributed by atoms with Gasteiger partial charge in [0.25, 0.3) is 0 Å². The van der Waals surface area contributed by atoms with Crippen LogP contribution in [0.3, 0.4) is 0 Å². The number of hydrogen-bond acceptors (Lipinski definition) is 3. The fraction of sp³-hybridized carbons (Fsp3) is 0.417. The number of hydrogen-bond donors (Lipinski definition) is 3. The van der Waals surface area contributed by atoms with E-state index in [9.17, 15) is 28.2 Å². The van der Waals surface area contributed by atoms with Crippen molar-refractivity contribution < 1.29 is 33.3 Å². The first-order valence-corrected chi connectivity index (χ1v) is 5.52. The quantitative estimate of drug-likeness (QED) is 0.741. The number of phenols is 2. The molecule has 0 spiro atoms. The van der Waals surface area contributed by atoms with Crippen LogP contribution in [0.1, 0.15) is 30.4 Å². The van der Waals surface area contributed by atoms with Crippen LogP contribution in [0.15, 0.2) is 12.1 Å². The molecule has 0 saturated heterocycles. The van der Waals surface area contributed by atoms with Crippen LogP contribution in [0, 0.1) is 0 Å². The van der Waals surface area contributed by atoms with Crippen molar-refractivity contribution in [3.8, 4) is 11.5 Å². The van der Waals surface area contributed by atoms with E-state index in [2.05, 4.69) is 0 Å². The number of halogens is 3. The molecule has 0 bridgehead atoms. The molecule has 1 aliphatic rings. The zero-order valence-corrected chi connectivity index (χ0v) is 9.66. The van der Waals surface area contributed by atoms with Crippen LogP contribution >= 0.6 is 0 Å². The molecule has 4 nitrogen and oxygen atoms in total. The molecule has 2 rings (SSSR count). The molecule has 1 aromatic carbocycles. The van der Waals surface area contributed by atoms with Gasteiger partial charge in [-0.2, -0.15) is 13.2 Å². The van der Waals surface area contributed by atoms with Gasteiger partial charge in [0.1, 0.15) is 5.56 Å². The molecule has 1 saturated carbocycles. The second kappa shape index (κ2) is 4.04. The van der Waals surface area contributed by atoms with Gasteiger partial charge in [0, 0.05) is 11.0 Å². The highest BCUT2D eigenvalue weighted by Crippen LogP contribution is 2.56. The maximum atomic E-state index is 12.5. The van der Waals surface area contributed by atoms with E-state index in [-0.39, 0.29) is 12.0 Å². The van der Waals surface area contributed by atoms with E-state index in [0.29, 0.717) is 18.9 Å². The van der Waals surface area contributed by atoms with Gasteiger partial charge in [-0.3, -0.25) is 4.79 Å². The highest BCUT2D eigenvalue weighted by molar-refractivity contribution is 5.71. The lowest BCUT2D eigenvalue weighted by Gasteiger charge is -2.18. The average Bonchev–Trinajstić information content (AvgIpc) is 2.99. The Labute approximate surface area is 106 Å². The van der Waals surface area contributed by atoms with Gasteiger partial charge in [0.15, 0.2) is 11.5 Å². The number of rotatable bonds is 3. The molecule has 3 N–H and O–H groups in total. The van der Waals surface area contributed by atoms with Crippen molar-refractivity contribution in [1.29, 1.82) is 0 Å². The van der Waals surface area contributed by atoms with Gasteiger partial charge in [-0.05, 0) is 18.9 Å². The van der Waals surface area contributed by atoms with Crippen molar-refractivity contribution in [1.82, 2.24) is 0 Å². The molecule has 0 atom stereocenters. The Balaban J connectivity index is 2.46. The lowest BCUT2D eigenvalue weighted by molar-refractivity contribution is -0.139.